The highest BCUT2D eigenvalue weighted by Gasteiger charge is 2.38. The number of benzene rings is 2. The highest BCUT2D eigenvalue weighted by atomic mass is 32.2. The van der Waals surface area contributed by atoms with Gasteiger partial charge in [-0.15, -0.1) is 0 Å². The number of rotatable bonds is 13. The van der Waals surface area contributed by atoms with Gasteiger partial charge in [-0.3, -0.25) is 9.78 Å². The Hall–Kier alpha value is -3.27. The van der Waals surface area contributed by atoms with Crippen LogP contribution in [0.5, 0.6) is 0 Å². The number of hydrogen-bond donors (Lipinski definition) is 3. The number of aliphatic hydroxyl groups excluding tert-OH is 1. The Kier molecular flexibility index (Phi) is 10.8. The summed E-state index contributed by atoms with van der Waals surface area (Å²) in [7, 11) is -3.91. The van der Waals surface area contributed by atoms with Crippen LogP contribution in [0.25, 0.3) is 0 Å². The van der Waals surface area contributed by atoms with Gasteiger partial charge in [0.1, 0.15) is 0 Å². The molecule has 2 aromatic carbocycles. The van der Waals surface area contributed by atoms with E-state index in [1.165, 1.54) is 16.4 Å². The highest BCUT2D eigenvalue weighted by molar-refractivity contribution is 7.89. The van der Waals surface area contributed by atoms with Crippen molar-refractivity contribution in [1.29, 1.82) is 0 Å². The first-order valence-electron chi connectivity index (χ1n) is 14.9. The van der Waals surface area contributed by atoms with Crippen molar-refractivity contribution in [3.8, 4) is 0 Å². The summed E-state index contributed by atoms with van der Waals surface area (Å²) in [6.07, 6.45) is 6.23. The molecule has 4 rings (SSSR count). The molecule has 0 bridgehead atoms. The molecule has 0 spiro atoms. The molecular weight excluding hydrogens is 548 g/mol. The van der Waals surface area contributed by atoms with Crippen LogP contribution >= 0.6 is 0 Å². The van der Waals surface area contributed by atoms with Gasteiger partial charge in [-0.25, -0.2) is 8.42 Å². The van der Waals surface area contributed by atoms with E-state index in [2.05, 4.69) is 10.3 Å². The number of pyridine rings is 1. The van der Waals surface area contributed by atoms with E-state index in [9.17, 15) is 18.3 Å². The first-order valence-corrected chi connectivity index (χ1v) is 16.3. The monoisotopic (exact) mass is 592 g/mol. The highest BCUT2D eigenvalue weighted by Crippen LogP contribution is 2.41. The summed E-state index contributed by atoms with van der Waals surface area (Å²) in [5, 5.41) is 14.7. The van der Waals surface area contributed by atoms with Crippen molar-refractivity contribution < 1.29 is 18.3 Å². The number of hydrogen-bond acceptors (Lipinski definition) is 6. The number of carbonyl (C=O) groups excluding carboxylic acids is 1. The van der Waals surface area contributed by atoms with Gasteiger partial charge in [-0.05, 0) is 67.1 Å². The molecule has 8 nitrogen and oxygen atoms in total. The SMILES string of the molecule is CC(C)CN(CC(O)C(Cc1ccccc1)NC(=O)CC1(c2ccccn2)CCCCC1)S(=O)(=O)c1ccc(N)cc1. The molecule has 1 aliphatic rings. The standard InChI is InChI=1S/C33H44N4O4S/c1-25(2)23-37(42(40,41)28-16-14-27(34)15-17-28)24-30(38)29(21-26-11-5-3-6-12-26)36-32(39)22-33(18-8-4-9-19-33)31-13-7-10-20-35-31/h3,5-7,10-17,20,25,29-30,38H,4,8-9,18-19,21-24,34H2,1-2H3,(H,36,39). The summed E-state index contributed by atoms with van der Waals surface area (Å²) in [4.78, 5) is 18.5. The third kappa shape index (κ3) is 8.18. The fraction of sp³-hybridized carbons (Fsp3) is 0.455. The van der Waals surface area contributed by atoms with Crippen LogP contribution < -0.4 is 11.1 Å². The van der Waals surface area contributed by atoms with Crippen molar-refractivity contribution in [2.45, 2.75) is 81.2 Å². The number of aliphatic hydroxyl groups is 1. The summed E-state index contributed by atoms with van der Waals surface area (Å²) in [5.74, 6) is -0.146. The molecule has 1 fully saturated rings. The molecule has 2 unspecified atom stereocenters. The van der Waals surface area contributed by atoms with Gasteiger partial charge in [0.25, 0.3) is 0 Å². The molecule has 4 N–H and O–H groups in total. The van der Waals surface area contributed by atoms with Gasteiger partial charge in [0.05, 0.1) is 17.0 Å². The summed E-state index contributed by atoms with van der Waals surface area (Å²) >= 11 is 0. The number of nitrogens with one attached hydrogen (secondary N) is 1. The van der Waals surface area contributed by atoms with Crippen LogP contribution in [0.3, 0.4) is 0 Å². The molecular formula is C33H44N4O4S. The summed E-state index contributed by atoms with van der Waals surface area (Å²) < 4.78 is 28.6. The zero-order valence-corrected chi connectivity index (χ0v) is 25.5. The van der Waals surface area contributed by atoms with Crippen molar-refractivity contribution in [3.05, 3.63) is 90.3 Å². The molecule has 3 aromatic rings. The smallest absolute Gasteiger partial charge is 0.243 e. The predicted octanol–water partition coefficient (Wildman–Crippen LogP) is 4.69. The first-order chi connectivity index (χ1) is 20.1. The normalized spacial score (nSPS) is 16.7. The van der Waals surface area contributed by atoms with Crippen LogP contribution in [0.1, 0.15) is 63.6 Å². The Bertz CT molecular complexity index is 1380. The Morgan fingerprint density at radius 2 is 1.64 bits per heavy atom. The fourth-order valence-electron chi connectivity index (χ4n) is 5.95. The first kappa shape index (κ1) is 31.7. The van der Waals surface area contributed by atoms with E-state index in [4.69, 9.17) is 5.73 Å². The van der Waals surface area contributed by atoms with Gasteiger partial charge in [-0.1, -0.05) is 69.5 Å². The van der Waals surface area contributed by atoms with Gasteiger partial charge in [0.15, 0.2) is 0 Å². The van der Waals surface area contributed by atoms with Crippen LogP contribution in [0.15, 0.2) is 83.9 Å². The maximum atomic E-state index is 13.7. The molecule has 42 heavy (non-hydrogen) atoms. The molecule has 1 heterocycles. The summed E-state index contributed by atoms with van der Waals surface area (Å²) in [6.45, 7) is 3.93. The second-order valence-electron chi connectivity index (χ2n) is 11.9. The van der Waals surface area contributed by atoms with Gasteiger partial charge < -0.3 is 16.2 Å². The van der Waals surface area contributed by atoms with E-state index in [1.54, 1.807) is 18.3 Å². The number of aromatic nitrogens is 1. The Labute approximate surface area is 250 Å². The molecule has 1 saturated carbocycles. The lowest BCUT2D eigenvalue weighted by molar-refractivity contribution is -0.124. The average molecular weight is 593 g/mol. The number of nitrogen functional groups attached to an aromatic ring is 1. The van der Waals surface area contributed by atoms with Crippen LogP contribution in [0, 0.1) is 5.92 Å². The zero-order chi connectivity index (χ0) is 30.2. The Morgan fingerprint density at radius 1 is 0.976 bits per heavy atom. The third-order valence-corrected chi connectivity index (χ3v) is 9.95. The van der Waals surface area contributed by atoms with E-state index in [1.807, 2.05) is 62.4 Å². The van der Waals surface area contributed by atoms with E-state index in [0.29, 0.717) is 12.1 Å². The number of carbonyl (C=O) groups is 1. The maximum Gasteiger partial charge on any atom is 0.243 e. The van der Waals surface area contributed by atoms with Crippen LogP contribution in [-0.4, -0.2) is 54.0 Å². The van der Waals surface area contributed by atoms with Crippen LogP contribution in [0.2, 0.25) is 0 Å². The minimum Gasteiger partial charge on any atom is -0.399 e. The number of sulfonamides is 1. The quantitative estimate of drug-likeness (QED) is 0.247. The topological polar surface area (TPSA) is 126 Å². The number of anilines is 1. The third-order valence-electron chi connectivity index (χ3n) is 8.10. The fourth-order valence-corrected chi connectivity index (χ4v) is 7.57. The van der Waals surface area contributed by atoms with Crippen molar-refractivity contribution in [1.82, 2.24) is 14.6 Å². The van der Waals surface area contributed by atoms with E-state index >= 15 is 0 Å². The van der Waals surface area contributed by atoms with E-state index in [0.717, 1.165) is 43.4 Å². The van der Waals surface area contributed by atoms with Crippen LogP contribution in [0.4, 0.5) is 5.69 Å². The molecule has 1 amide bonds. The van der Waals surface area contributed by atoms with Gasteiger partial charge in [-0.2, -0.15) is 4.31 Å². The number of nitrogens with zero attached hydrogens (tertiary/aromatic N) is 2. The number of amides is 1. The lowest BCUT2D eigenvalue weighted by Gasteiger charge is -2.37. The maximum absolute atomic E-state index is 13.7. The predicted molar refractivity (Wildman–Crippen MR) is 166 cm³/mol. The molecule has 1 aliphatic carbocycles. The van der Waals surface area contributed by atoms with Gasteiger partial charge >= 0.3 is 0 Å². The summed E-state index contributed by atoms with van der Waals surface area (Å²) in [6, 6.07) is 20.8. The lowest BCUT2D eigenvalue weighted by atomic mass is 9.69. The zero-order valence-electron chi connectivity index (χ0n) is 24.7. The molecule has 1 aromatic heterocycles. The number of nitrogens with two attached hydrogens (primary N) is 1. The van der Waals surface area contributed by atoms with Crippen LogP contribution in [-0.2, 0) is 26.7 Å². The van der Waals surface area contributed by atoms with E-state index < -0.39 is 22.2 Å². The van der Waals surface area contributed by atoms with Crippen molar-refractivity contribution in [2.24, 2.45) is 5.92 Å². The Balaban J connectivity index is 1.58. The van der Waals surface area contributed by atoms with Gasteiger partial charge in [0, 0.05) is 42.5 Å². The minimum absolute atomic E-state index is 0.0208. The minimum atomic E-state index is -3.91. The summed E-state index contributed by atoms with van der Waals surface area (Å²) in [5.41, 5.74) is 7.77. The second kappa shape index (κ2) is 14.3. The van der Waals surface area contributed by atoms with E-state index in [-0.39, 0.29) is 41.6 Å². The molecule has 9 heteroatoms. The molecule has 226 valence electrons. The average Bonchev–Trinajstić information content (AvgIpc) is 2.98. The molecule has 2 atom stereocenters. The molecule has 0 aliphatic heterocycles. The van der Waals surface area contributed by atoms with Gasteiger partial charge in [0.2, 0.25) is 15.9 Å². The van der Waals surface area contributed by atoms with Crippen molar-refractivity contribution in [2.75, 3.05) is 18.8 Å². The van der Waals surface area contributed by atoms with Crippen molar-refractivity contribution in [3.63, 3.8) is 0 Å². The Morgan fingerprint density at radius 3 is 2.26 bits per heavy atom. The lowest BCUT2D eigenvalue weighted by Crippen LogP contribution is -2.52. The van der Waals surface area contributed by atoms with Crippen molar-refractivity contribution >= 4 is 21.6 Å². The largest absolute Gasteiger partial charge is 0.399 e. The molecule has 0 saturated heterocycles. The molecule has 0 radical (unpaired) electrons. The second-order valence-corrected chi connectivity index (χ2v) is 13.9.